The van der Waals surface area contributed by atoms with Gasteiger partial charge < -0.3 is 14.8 Å². The Bertz CT molecular complexity index is 802. The predicted octanol–water partition coefficient (Wildman–Crippen LogP) is 1.06. The van der Waals surface area contributed by atoms with Crippen molar-refractivity contribution in [3.05, 3.63) is 33.2 Å². The zero-order valence-electron chi connectivity index (χ0n) is 11.7. The third kappa shape index (κ3) is 2.72. The molecule has 0 radical (unpaired) electrons. The molecular weight excluding hydrogens is 385 g/mol. The predicted molar refractivity (Wildman–Crippen MR) is 86.2 cm³/mol. The third-order valence-corrected chi connectivity index (χ3v) is 3.84. The van der Waals surface area contributed by atoms with Crippen LogP contribution in [0.2, 0.25) is 0 Å². The molecule has 0 spiro atoms. The van der Waals surface area contributed by atoms with Gasteiger partial charge in [-0.25, -0.2) is 4.52 Å². The molecule has 2 aromatic heterocycles. The number of rotatable bonds is 4. The molecule has 0 amide bonds. The summed E-state index contributed by atoms with van der Waals surface area (Å²) in [5.74, 6) is 0.711. The van der Waals surface area contributed by atoms with Gasteiger partial charge in [-0.05, 0) is 47.6 Å². The summed E-state index contributed by atoms with van der Waals surface area (Å²) in [7, 11) is 3.98. The van der Waals surface area contributed by atoms with Crippen LogP contribution in [0.15, 0.2) is 24.4 Å². The van der Waals surface area contributed by atoms with E-state index in [-0.39, 0.29) is 0 Å². The molecule has 0 aliphatic carbocycles. The van der Waals surface area contributed by atoms with Crippen molar-refractivity contribution in [1.29, 1.82) is 0 Å². The second-order valence-corrected chi connectivity index (χ2v) is 6.07. The molecule has 0 aliphatic rings. The van der Waals surface area contributed by atoms with Gasteiger partial charge >= 0.3 is 0 Å². The molecule has 0 saturated heterocycles. The highest BCUT2D eigenvalue weighted by molar-refractivity contribution is 14.1. The van der Waals surface area contributed by atoms with Crippen LogP contribution in [0.5, 0.6) is 5.75 Å². The van der Waals surface area contributed by atoms with Crippen LogP contribution in [0.25, 0.3) is 16.7 Å². The van der Waals surface area contributed by atoms with Crippen LogP contribution in [0.3, 0.4) is 0 Å². The summed E-state index contributed by atoms with van der Waals surface area (Å²) >= 11 is 2.11. The van der Waals surface area contributed by atoms with Gasteiger partial charge in [0, 0.05) is 23.8 Å². The maximum Gasteiger partial charge on any atom is 0.270 e. The van der Waals surface area contributed by atoms with Gasteiger partial charge in [0.1, 0.15) is 17.9 Å². The summed E-state index contributed by atoms with van der Waals surface area (Å²) in [5.41, 5.74) is 1.69. The average Bonchev–Trinajstić information content (AvgIpc) is 2.80. The van der Waals surface area contributed by atoms with E-state index in [4.69, 9.17) is 4.74 Å². The lowest BCUT2D eigenvalue weighted by molar-refractivity contribution is -0.640. The fourth-order valence-corrected chi connectivity index (χ4v) is 2.46. The minimum atomic E-state index is 0.460. The van der Waals surface area contributed by atoms with Crippen molar-refractivity contribution in [2.45, 2.75) is 0 Å². The van der Waals surface area contributed by atoms with Crippen LogP contribution >= 0.6 is 22.6 Å². The summed E-state index contributed by atoms with van der Waals surface area (Å²) in [5, 5.41) is 20.2. The molecule has 0 atom stereocenters. The fraction of sp³-hybridized carbons (Fsp3) is 0.308. The summed E-state index contributed by atoms with van der Waals surface area (Å²) in [6.45, 7) is 1.41. The number of hydrogen-bond donors (Lipinski definition) is 0. The maximum absolute atomic E-state index is 12.0. The quantitative estimate of drug-likeness (QED) is 0.373. The van der Waals surface area contributed by atoms with Gasteiger partial charge in [0.2, 0.25) is 5.65 Å². The van der Waals surface area contributed by atoms with E-state index in [0.717, 1.165) is 10.1 Å². The lowest BCUT2D eigenvalue weighted by Gasteiger charge is -2.11. The van der Waals surface area contributed by atoms with Crippen molar-refractivity contribution >= 4 is 39.3 Å². The van der Waals surface area contributed by atoms with Crippen LogP contribution in [0.4, 0.5) is 0 Å². The maximum atomic E-state index is 12.0. The standard InChI is InChI=1S/C13H14IN5O2/c1-17(2)5-6-21-9-3-4-11-12(7-9)18-13(16-19(11)20)10(14)8-15-18/h3-4,7-8H,5-6H2,1-2H3. The number of aromatic nitrogens is 4. The van der Waals surface area contributed by atoms with Gasteiger partial charge in [-0.1, -0.05) is 0 Å². The van der Waals surface area contributed by atoms with E-state index in [2.05, 4.69) is 32.8 Å². The van der Waals surface area contributed by atoms with E-state index in [1.165, 1.54) is 0 Å². The largest absolute Gasteiger partial charge is 0.594 e. The van der Waals surface area contributed by atoms with Crippen molar-refractivity contribution in [2.24, 2.45) is 0 Å². The monoisotopic (exact) mass is 399 g/mol. The number of likely N-dealkylation sites (N-methyl/N-ethyl adjacent to an activating group) is 1. The Labute approximate surface area is 134 Å². The average molecular weight is 399 g/mol. The number of hydrogen-bond acceptors (Lipinski definition) is 5. The van der Waals surface area contributed by atoms with Gasteiger partial charge in [0.25, 0.3) is 5.52 Å². The number of halogens is 1. The molecule has 0 fully saturated rings. The van der Waals surface area contributed by atoms with Crippen LogP contribution in [0.1, 0.15) is 0 Å². The summed E-state index contributed by atoms with van der Waals surface area (Å²) in [6.07, 6.45) is 1.68. The van der Waals surface area contributed by atoms with Crippen molar-refractivity contribution in [2.75, 3.05) is 27.2 Å². The molecule has 8 heteroatoms. The highest BCUT2D eigenvalue weighted by Crippen LogP contribution is 2.20. The van der Waals surface area contributed by atoms with Crippen molar-refractivity contribution in [3.8, 4) is 5.75 Å². The van der Waals surface area contributed by atoms with Gasteiger partial charge in [0.05, 0.1) is 9.77 Å². The van der Waals surface area contributed by atoms with Crippen LogP contribution in [0, 0.1) is 8.78 Å². The first kappa shape index (κ1) is 14.3. The molecule has 3 aromatic rings. The van der Waals surface area contributed by atoms with E-state index in [1.54, 1.807) is 22.8 Å². The number of nitrogens with zero attached hydrogens (tertiary/aromatic N) is 5. The normalized spacial score (nSPS) is 11.6. The first-order valence-electron chi connectivity index (χ1n) is 6.40. The Hall–Kier alpha value is -1.68. The Kier molecular flexibility index (Phi) is 3.81. The number of fused-ring (bicyclic) bond motifs is 3. The summed E-state index contributed by atoms with van der Waals surface area (Å²) in [6, 6.07) is 5.29. The first-order chi connectivity index (χ1) is 10.1. The lowest BCUT2D eigenvalue weighted by Crippen LogP contribution is -2.33. The Morgan fingerprint density at radius 3 is 3.00 bits per heavy atom. The van der Waals surface area contributed by atoms with Crippen LogP contribution < -0.4 is 9.58 Å². The van der Waals surface area contributed by atoms with E-state index in [0.29, 0.717) is 33.9 Å². The minimum absolute atomic E-state index is 0.460. The third-order valence-electron chi connectivity index (χ3n) is 3.07. The highest BCUT2D eigenvalue weighted by atomic mass is 127. The molecule has 21 heavy (non-hydrogen) atoms. The molecule has 3 rings (SSSR count). The second-order valence-electron chi connectivity index (χ2n) is 4.90. The van der Waals surface area contributed by atoms with Gasteiger partial charge in [-0.15, -0.1) is 0 Å². The SMILES string of the molecule is CN(C)CCOc1ccc2c(c1)n1ncc(I)c1n[n+]2[O-]. The Morgan fingerprint density at radius 1 is 1.43 bits per heavy atom. The minimum Gasteiger partial charge on any atom is -0.594 e. The molecule has 110 valence electrons. The van der Waals surface area contributed by atoms with E-state index in [1.807, 2.05) is 25.1 Å². The topological polar surface area (TPSA) is 69.6 Å². The van der Waals surface area contributed by atoms with Gasteiger partial charge in [-0.2, -0.15) is 5.10 Å². The Morgan fingerprint density at radius 2 is 2.24 bits per heavy atom. The zero-order valence-corrected chi connectivity index (χ0v) is 13.8. The van der Waals surface area contributed by atoms with Crippen LogP contribution in [-0.2, 0) is 0 Å². The van der Waals surface area contributed by atoms with Gasteiger partial charge in [-0.3, -0.25) is 0 Å². The molecule has 1 aromatic carbocycles. The summed E-state index contributed by atoms with van der Waals surface area (Å²) in [4.78, 5) is 2.67. The molecule has 2 heterocycles. The fourth-order valence-electron chi connectivity index (χ4n) is 2.00. The molecule has 0 bridgehead atoms. The van der Waals surface area contributed by atoms with E-state index < -0.39 is 0 Å². The second kappa shape index (κ2) is 5.60. The van der Waals surface area contributed by atoms with Crippen molar-refractivity contribution in [1.82, 2.24) is 19.6 Å². The molecule has 7 nitrogen and oxygen atoms in total. The van der Waals surface area contributed by atoms with Crippen molar-refractivity contribution < 1.29 is 9.58 Å². The highest BCUT2D eigenvalue weighted by Gasteiger charge is 2.15. The molecule has 0 unspecified atom stereocenters. The molecule has 0 N–H and O–H groups in total. The van der Waals surface area contributed by atoms with E-state index in [9.17, 15) is 5.21 Å². The van der Waals surface area contributed by atoms with Crippen molar-refractivity contribution in [3.63, 3.8) is 0 Å². The molecule has 0 saturated carbocycles. The molecule has 0 aliphatic heterocycles. The smallest absolute Gasteiger partial charge is 0.270 e. The lowest BCUT2D eigenvalue weighted by atomic mass is 10.3. The summed E-state index contributed by atoms with van der Waals surface area (Å²) < 4.78 is 8.19. The van der Waals surface area contributed by atoms with Crippen LogP contribution in [-0.4, -0.2) is 46.9 Å². The van der Waals surface area contributed by atoms with E-state index >= 15 is 0 Å². The van der Waals surface area contributed by atoms with Gasteiger partial charge in [0.15, 0.2) is 0 Å². The Balaban J connectivity index is 2.05. The number of ether oxygens (including phenoxy) is 1. The zero-order chi connectivity index (χ0) is 15.0. The first-order valence-corrected chi connectivity index (χ1v) is 7.48. The number of benzene rings is 1. The molecular formula is C13H14IN5O2.